The van der Waals surface area contributed by atoms with E-state index in [1.807, 2.05) is 37.3 Å². The first kappa shape index (κ1) is 21.0. The first-order valence-electron chi connectivity index (χ1n) is 7.54. The number of benzene rings is 1. The number of nitrogens with zero attached hydrogens (tertiary/aromatic N) is 2. The van der Waals surface area contributed by atoms with Crippen molar-refractivity contribution in [3.63, 3.8) is 0 Å². The van der Waals surface area contributed by atoms with Crippen molar-refractivity contribution in [3.05, 3.63) is 63.9 Å². The van der Waals surface area contributed by atoms with Crippen LogP contribution in [0, 0.1) is 0 Å². The molecule has 0 atom stereocenters. The van der Waals surface area contributed by atoms with Gasteiger partial charge in [0, 0.05) is 29.3 Å². The Hall–Kier alpha value is -1.05. The van der Waals surface area contributed by atoms with Crippen molar-refractivity contribution in [2.45, 2.75) is 19.9 Å². The summed E-state index contributed by atoms with van der Waals surface area (Å²) in [4.78, 5) is 8.80. The van der Waals surface area contributed by atoms with Gasteiger partial charge in [-0.25, -0.2) is 4.99 Å². The highest BCUT2D eigenvalue weighted by Gasteiger charge is 2.01. The summed E-state index contributed by atoms with van der Waals surface area (Å²) in [5.74, 6) is 0.770. The SMILES string of the molecule is CCNC(=NCc1ccccn1)NCCc1cc(Cl)cc(Cl)c1.I. The molecule has 0 saturated carbocycles. The number of nitrogens with one attached hydrogen (secondary N) is 2. The molecule has 0 bridgehead atoms. The molecule has 0 radical (unpaired) electrons. The van der Waals surface area contributed by atoms with Crippen LogP contribution in [0.25, 0.3) is 0 Å². The molecule has 1 aromatic carbocycles. The van der Waals surface area contributed by atoms with Crippen LogP contribution in [-0.4, -0.2) is 24.0 Å². The molecule has 4 nitrogen and oxygen atoms in total. The Labute approximate surface area is 170 Å². The van der Waals surface area contributed by atoms with Crippen LogP contribution in [-0.2, 0) is 13.0 Å². The van der Waals surface area contributed by atoms with Crippen LogP contribution in [0.15, 0.2) is 47.6 Å². The fraction of sp³-hybridized carbons (Fsp3) is 0.294. The van der Waals surface area contributed by atoms with E-state index >= 15 is 0 Å². The summed E-state index contributed by atoms with van der Waals surface area (Å²) in [5, 5.41) is 7.84. The molecule has 0 aliphatic heterocycles. The van der Waals surface area contributed by atoms with Crippen molar-refractivity contribution in [2.24, 2.45) is 4.99 Å². The Morgan fingerprint density at radius 3 is 2.50 bits per heavy atom. The number of aromatic nitrogens is 1. The van der Waals surface area contributed by atoms with E-state index < -0.39 is 0 Å². The summed E-state index contributed by atoms with van der Waals surface area (Å²) in [6, 6.07) is 11.4. The molecule has 24 heavy (non-hydrogen) atoms. The third-order valence-corrected chi connectivity index (χ3v) is 3.53. The number of hydrogen-bond donors (Lipinski definition) is 2. The quantitative estimate of drug-likeness (QED) is 0.369. The lowest BCUT2D eigenvalue weighted by atomic mass is 10.1. The van der Waals surface area contributed by atoms with Crippen LogP contribution in [0.5, 0.6) is 0 Å². The molecule has 130 valence electrons. The van der Waals surface area contributed by atoms with Crippen LogP contribution < -0.4 is 10.6 Å². The second-order valence-corrected chi connectivity index (χ2v) is 5.84. The minimum Gasteiger partial charge on any atom is -0.357 e. The Morgan fingerprint density at radius 1 is 1.12 bits per heavy atom. The highest BCUT2D eigenvalue weighted by atomic mass is 127. The molecule has 2 aromatic rings. The maximum Gasteiger partial charge on any atom is 0.191 e. The standard InChI is InChI=1S/C17H20Cl2N4.HI/c1-2-20-17(23-12-16-5-3-4-7-21-16)22-8-6-13-9-14(18)11-15(19)10-13;/h3-5,7,9-11H,2,6,8,12H2,1H3,(H2,20,22,23);1H. The van der Waals surface area contributed by atoms with Crippen LogP contribution in [0.2, 0.25) is 10.0 Å². The van der Waals surface area contributed by atoms with Crippen LogP contribution in [0.1, 0.15) is 18.2 Å². The lowest BCUT2D eigenvalue weighted by Crippen LogP contribution is -2.38. The molecule has 2 N–H and O–H groups in total. The number of halogens is 3. The Morgan fingerprint density at radius 2 is 1.88 bits per heavy atom. The fourth-order valence-corrected chi connectivity index (χ4v) is 2.65. The van der Waals surface area contributed by atoms with Crippen molar-refractivity contribution in [1.29, 1.82) is 0 Å². The first-order chi connectivity index (χ1) is 11.2. The van der Waals surface area contributed by atoms with Gasteiger partial charge in [0.05, 0.1) is 12.2 Å². The molecular formula is C17H21Cl2IN4. The van der Waals surface area contributed by atoms with Crippen molar-refractivity contribution in [3.8, 4) is 0 Å². The number of pyridine rings is 1. The number of aliphatic imine (C=N–C) groups is 1. The van der Waals surface area contributed by atoms with Gasteiger partial charge in [-0.2, -0.15) is 0 Å². The van der Waals surface area contributed by atoms with E-state index in [2.05, 4.69) is 20.6 Å². The largest absolute Gasteiger partial charge is 0.357 e. The zero-order valence-corrected chi connectivity index (χ0v) is 17.3. The third kappa shape index (κ3) is 7.68. The van der Waals surface area contributed by atoms with E-state index in [1.165, 1.54) is 0 Å². The average molecular weight is 479 g/mol. The fourth-order valence-electron chi connectivity index (χ4n) is 2.07. The van der Waals surface area contributed by atoms with Gasteiger partial charge in [-0.1, -0.05) is 29.3 Å². The van der Waals surface area contributed by atoms with E-state index in [-0.39, 0.29) is 24.0 Å². The van der Waals surface area contributed by atoms with E-state index in [1.54, 1.807) is 12.3 Å². The number of rotatable bonds is 6. The molecule has 7 heteroatoms. The van der Waals surface area contributed by atoms with E-state index in [0.29, 0.717) is 16.6 Å². The van der Waals surface area contributed by atoms with Crippen LogP contribution in [0.3, 0.4) is 0 Å². The predicted octanol–water partition coefficient (Wildman–Crippen LogP) is 4.30. The summed E-state index contributed by atoms with van der Waals surface area (Å²) in [6.07, 6.45) is 2.59. The van der Waals surface area contributed by atoms with Gasteiger partial charge in [-0.15, -0.1) is 24.0 Å². The highest BCUT2D eigenvalue weighted by Crippen LogP contribution is 2.19. The molecule has 0 spiro atoms. The van der Waals surface area contributed by atoms with Gasteiger partial charge in [0.25, 0.3) is 0 Å². The smallest absolute Gasteiger partial charge is 0.191 e. The molecule has 0 saturated heterocycles. The minimum atomic E-state index is 0. The van der Waals surface area contributed by atoms with Gasteiger partial charge < -0.3 is 10.6 Å². The van der Waals surface area contributed by atoms with Crippen molar-refractivity contribution >= 4 is 53.1 Å². The predicted molar refractivity (Wildman–Crippen MR) is 113 cm³/mol. The van der Waals surface area contributed by atoms with Crippen molar-refractivity contribution in [1.82, 2.24) is 15.6 Å². The number of guanidine groups is 1. The zero-order valence-electron chi connectivity index (χ0n) is 13.4. The molecule has 1 aromatic heterocycles. The molecule has 0 fully saturated rings. The van der Waals surface area contributed by atoms with Crippen LogP contribution >= 0.6 is 47.2 Å². The van der Waals surface area contributed by atoms with Crippen molar-refractivity contribution in [2.75, 3.05) is 13.1 Å². The molecule has 2 rings (SSSR count). The summed E-state index contributed by atoms with van der Waals surface area (Å²) < 4.78 is 0. The second kappa shape index (κ2) is 11.5. The Balaban J connectivity index is 0.00000288. The summed E-state index contributed by atoms with van der Waals surface area (Å²) in [6.45, 7) is 4.12. The Bertz CT molecular complexity index is 630. The zero-order chi connectivity index (χ0) is 16.5. The molecule has 0 amide bonds. The van der Waals surface area contributed by atoms with Gasteiger partial charge in [0.1, 0.15) is 0 Å². The maximum absolute atomic E-state index is 6.01. The van der Waals surface area contributed by atoms with Gasteiger partial charge >= 0.3 is 0 Å². The molecule has 0 unspecified atom stereocenters. The summed E-state index contributed by atoms with van der Waals surface area (Å²) in [5.41, 5.74) is 2.03. The lowest BCUT2D eigenvalue weighted by Gasteiger charge is -2.11. The first-order valence-corrected chi connectivity index (χ1v) is 8.30. The summed E-state index contributed by atoms with van der Waals surface area (Å²) in [7, 11) is 0. The minimum absolute atomic E-state index is 0. The van der Waals surface area contributed by atoms with Gasteiger partial charge in [0.2, 0.25) is 0 Å². The average Bonchev–Trinajstić information content (AvgIpc) is 2.53. The van der Waals surface area contributed by atoms with Gasteiger partial charge in [-0.05, 0) is 49.2 Å². The second-order valence-electron chi connectivity index (χ2n) is 4.97. The molecule has 0 aliphatic carbocycles. The monoisotopic (exact) mass is 478 g/mol. The molecule has 1 heterocycles. The number of hydrogen-bond acceptors (Lipinski definition) is 2. The van der Waals surface area contributed by atoms with E-state index in [9.17, 15) is 0 Å². The van der Waals surface area contributed by atoms with Crippen LogP contribution in [0.4, 0.5) is 0 Å². The normalized spacial score (nSPS) is 10.9. The van der Waals surface area contributed by atoms with Gasteiger partial charge in [-0.3, -0.25) is 4.98 Å². The highest BCUT2D eigenvalue weighted by molar-refractivity contribution is 14.0. The topological polar surface area (TPSA) is 49.3 Å². The van der Waals surface area contributed by atoms with Crippen molar-refractivity contribution < 1.29 is 0 Å². The molecular weight excluding hydrogens is 458 g/mol. The van der Waals surface area contributed by atoms with E-state index in [0.717, 1.165) is 36.7 Å². The molecule has 0 aliphatic rings. The third-order valence-electron chi connectivity index (χ3n) is 3.10. The lowest BCUT2D eigenvalue weighted by molar-refractivity contribution is 0.797. The van der Waals surface area contributed by atoms with E-state index in [4.69, 9.17) is 23.2 Å². The summed E-state index contributed by atoms with van der Waals surface area (Å²) >= 11 is 12.0. The maximum atomic E-state index is 6.01. The Kier molecular flexibility index (Phi) is 10.1. The van der Waals surface area contributed by atoms with Gasteiger partial charge in [0.15, 0.2) is 5.96 Å².